The van der Waals surface area contributed by atoms with Gasteiger partial charge >= 0.3 is 0 Å². The lowest BCUT2D eigenvalue weighted by molar-refractivity contribution is 0.0950. The number of anilines is 2. The van der Waals surface area contributed by atoms with Crippen LogP contribution in [0.1, 0.15) is 15.9 Å². The molecule has 0 aliphatic heterocycles. The molecule has 0 saturated carbocycles. The van der Waals surface area contributed by atoms with Crippen molar-refractivity contribution in [2.45, 2.75) is 6.54 Å². The maximum absolute atomic E-state index is 13.7. The second-order valence-corrected chi connectivity index (χ2v) is 5.56. The summed E-state index contributed by atoms with van der Waals surface area (Å²) < 4.78 is 19.0. The summed E-state index contributed by atoms with van der Waals surface area (Å²) >= 11 is 0. The second kappa shape index (κ2) is 8.11. The molecule has 0 saturated heterocycles. The molecule has 3 rings (SSSR count). The van der Waals surface area contributed by atoms with Gasteiger partial charge in [-0.05, 0) is 24.3 Å². The number of hydrogen-bond donors (Lipinski definition) is 2. The molecule has 0 spiro atoms. The van der Waals surface area contributed by atoms with Crippen molar-refractivity contribution in [1.29, 1.82) is 0 Å². The molecule has 0 fully saturated rings. The van der Waals surface area contributed by atoms with Gasteiger partial charge < -0.3 is 15.4 Å². The number of ether oxygens (including phenoxy) is 1. The molecule has 26 heavy (non-hydrogen) atoms. The number of nitrogens with one attached hydrogen (secondary N) is 2. The van der Waals surface area contributed by atoms with E-state index in [0.29, 0.717) is 29.2 Å². The third-order valence-electron chi connectivity index (χ3n) is 3.79. The molecule has 5 nitrogen and oxygen atoms in total. The number of amides is 1. The van der Waals surface area contributed by atoms with Gasteiger partial charge in [-0.3, -0.25) is 9.78 Å². The number of rotatable bonds is 6. The largest absolute Gasteiger partial charge is 0.496 e. The number of benzene rings is 2. The molecule has 0 aliphatic rings. The molecule has 6 heteroatoms. The summed E-state index contributed by atoms with van der Waals surface area (Å²) in [6.07, 6.45) is 2.99. The fourth-order valence-electron chi connectivity index (χ4n) is 2.48. The fraction of sp³-hybridized carbons (Fsp3) is 0.100. The van der Waals surface area contributed by atoms with Crippen LogP contribution in [0.2, 0.25) is 0 Å². The van der Waals surface area contributed by atoms with Crippen molar-refractivity contribution in [3.8, 4) is 5.75 Å². The van der Waals surface area contributed by atoms with E-state index in [4.69, 9.17) is 4.74 Å². The van der Waals surface area contributed by atoms with Crippen molar-refractivity contribution in [3.63, 3.8) is 0 Å². The molecular weight excluding hydrogens is 333 g/mol. The van der Waals surface area contributed by atoms with Gasteiger partial charge in [-0.25, -0.2) is 4.39 Å². The lowest BCUT2D eigenvalue weighted by atomic mass is 10.2. The first kappa shape index (κ1) is 17.4. The molecule has 1 heterocycles. The molecule has 2 aromatic carbocycles. The molecule has 3 aromatic rings. The number of aromatic nitrogens is 1. The molecule has 0 aliphatic carbocycles. The SMILES string of the molecule is COc1ccccc1CNC(=O)c1cncc(Nc2ccccc2F)c1. The highest BCUT2D eigenvalue weighted by Crippen LogP contribution is 2.20. The van der Waals surface area contributed by atoms with Gasteiger partial charge in [0.2, 0.25) is 0 Å². The molecule has 1 aromatic heterocycles. The number of para-hydroxylation sites is 2. The smallest absolute Gasteiger partial charge is 0.253 e. The van der Waals surface area contributed by atoms with E-state index in [-0.39, 0.29) is 11.7 Å². The van der Waals surface area contributed by atoms with E-state index in [1.807, 2.05) is 24.3 Å². The Hall–Kier alpha value is -3.41. The Morgan fingerprint density at radius 3 is 2.69 bits per heavy atom. The normalized spacial score (nSPS) is 10.2. The van der Waals surface area contributed by atoms with Crippen LogP contribution in [0.15, 0.2) is 67.0 Å². The van der Waals surface area contributed by atoms with Gasteiger partial charge in [0.25, 0.3) is 5.91 Å². The summed E-state index contributed by atoms with van der Waals surface area (Å²) in [5, 5.41) is 5.75. The predicted octanol–water partition coefficient (Wildman–Crippen LogP) is 3.90. The van der Waals surface area contributed by atoms with Gasteiger partial charge in [0.15, 0.2) is 0 Å². The van der Waals surface area contributed by atoms with E-state index >= 15 is 0 Å². The molecule has 1 amide bonds. The summed E-state index contributed by atoms with van der Waals surface area (Å²) in [7, 11) is 1.59. The summed E-state index contributed by atoms with van der Waals surface area (Å²) in [5.74, 6) is 0.0556. The molecule has 0 radical (unpaired) electrons. The third kappa shape index (κ3) is 4.16. The van der Waals surface area contributed by atoms with E-state index in [1.165, 1.54) is 18.5 Å². The molecule has 2 N–H and O–H groups in total. The van der Waals surface area contributed by atoms with E-state index in [0.717, 1.165) is 5.56 Å². The van der Waals surface area contributed by atoms with Crippen LogP contribution in [0, 0.1) is 5.82 Å². The van der Waals surface area contributed by atoms with Crippen LogP contribution in [-0.2, 0) is 6.54 Å². The molecular formula is C20H18FN3O2. The monoisotopic (exact) mass is 351 g/mol. The van der Waals surface area contributed by atoms with Gasteiger partial charge in [0.05, 0.1) is 30.2 Å². The van der Waals surface area contributed by atoms with Gasteiger partial charge in [0.1, 0.15) is 11.6 Å². The van der Waals surface area contributed by atoms with Crippen LogP contribution in [0.4, 0.5) is 15.8 Å². The summed E-state index contributed by atoms with van der Waals surface area (Å²) in [4.78, 5) is 16.4. The van der Waals surface area contributed by atoms with Gasteiger partial charge in [0, 0.05) is 18.3 Å². The number of halogens is 1. The van der Waals surface area contributed by atoms with Gasteiger partial charge in [-0.1, -0.05) is 30.3 Å². The molecule has 0 atom stereocenters. The van der Waals surface area contributed by atoms with E-state index in [1.54, 1.807) is 31.4 Å². The van der Waals surface area contributed by atoms with E-state index in [9.17, 15) is 9.18 Å². The van der Waals surface area contributed by atoms with Gasteiger partial charge in [-0.15, -0.1) is 0 Å². The highest BCUT2D eigenvalue weighted by Gasteiger charge is 2.09. The average molecular weight is 351 g/mol. The standard InChI is InChI=1S/C20H18FN3O2/c1-26-19-9-5-2-6-14(19)12-23-20(25)15-10-16(13-22-11-15)24-18-8-4-3-7-17(18)21/h2-11,13,24H,12H2,1H3,(H,23,25). The first-order valence-corrected chi connectivity index (χ1v) is 8.04. The number of carbonyl (C=O) groups is 1. The lowest BCUT2D eigenvalue weighted by Crippen LogP contribution is -2.23. The lowest BCUT2D eigenvalue weighted by Gasteiger charge is -2.11. The summed E-state index contributed by atoms with van der Waals surface area (Å²) in [5.41, 5.74) is 2.10. The number of methoxy groups -OCH3 is 1. The van der Waals surface area contributed by atoms with Crippen LogP contribution in [0.5, 0.6) is 5.75 Å². The highest BCUT2D eigenvalue weighted by atomic mass is 19.1. The first-order chi connectivity index (χ1) is 12.7. The molecule has 0 bridgehead atoms. The minimum absolute atomic E-state index is 0.277. The van der Waals surface area contributed by atoms with Crippen molar-refractivity contribution in [2.24, 2.45) is 0 Å². The van der Waals surface area contributed by atoms with Crippen molar-refractivity contribution in [3.05, 3.63) is 83.9 Å². The topological polar surface area (TPSA) is 63.2 Å². The van der Waals surface area contributed by atoms with Crippen LogP contribution in [0.25, 0.3) is 0 Å². The van der Waals surface area contributed by atoms with Crippen molar-refractivity contribution < 1.29 is 13.9 Å². The van der Waals surface area contributed by atoms with Crippen LogP contribution in [0.3, 0.4) is 0 Å². The number of carbonyl (C=O) groups excluding carboxylic acids is 1. The van der Waals surface area contributed by atoms with Crippen LogP contribution in [-0.4, -0.2) is 18.0 Å². The summed E-state index contributed by atoms with van der Waals surface area (Å²) in [6.45, 7) is 0.327. The average Bonchev–Trinajstić information content (AvgIpc) is 2.68. The minimum atomic E-state index is -0.376. The van der Waals surface area contributed by atoms with Gasteiger partial charge in [-0.2, -0.15) is 0 Å². The second-order valence-electron chi connectivity index (χ2n) is 5.56. The molecule has 132 valence electrons. The Balaban J connectivity index is 1.69. The van der Waals surface area contributed by atoms with E-state index < -0.39 is 0 Å². The fourth-order valence-corrected chi connectivity index (χ4v) is 2.48. The van der Waals surface area contributed by atoms with Crippen molar-refractivity contribution in [1.82, 2.24) is 10.3 Å². The first-order valence-electron chi connectivity index (χ1n) is 8.04. The maximum atomic E-state index is 13.7. The quantitative estimate of drug-likeness (QED) is 0.707. The third-order valence-corrected chi connectivity index (χ3v) is 3.79. The Labute approximate surface area is 150 Å². The zero-order valence-corrected chi connectivity index (χ0v) is 14.2. The minimum Gasteiger partial charge on any atom is -0.496 e. The Morgan fingerprint density at radius 1 is 1.12 bits per heavy atom. The summed E-state index contributed by atoms with van der Waals surface area (Å²) in [6, 6.07) is 15.4. The Kier molecular flexibility index (Phi) is 5.43. The number of nitrogens with zero attached hydrogens (tertiary/aromatic N) is 1. The van der Waals surface area contributed by atoms with E-state index in [2.05, 4.69) is 15.6 Å². The van der Waals surface area contributed by atoms with Crippen molar-refractivity contribution >= 4 is 17.3 Å². The maximum Gasteiger partial charge on any atom is 0.253 e. The molecule has 0 unspecified atom stereocenters. The zero-order chi connectivity index (χ0) is 18.4. The number of pyridine rings is 1. The zero-order valence-electron chi connectivity index (χ0n) is 14.2. The van der Waals surface area contributed by atoms with Crippen LogP contribution >= 0.6 is 0 Å². The van der Waals surface area contributed by atoms with Crippen LogP contribution < -0.4 is 15.4 Å². The van der Waals surface area contributed by atoms with Crippen molar-refractivity contribution in [2.75, 3.05) is 12.4 Å². The predicted molar refractivity (Wildman–Crippen MR) is 98.1 cm³/mol. The highest BCUT2D eigenvalue weighted by molar-refractivity contribution is 5.94. The Bertz CT molecular complexity index is 915. The Morgan fingerprint density at radius 2 is 1.88 bits per heavy atom. The number of hydrogen-bond acceptors (Lipinski definition) is 4.